The molecule has 4 atom stereocenters. The summed E-state index contributed by atoms with van der Waals surface area (Å²) in [5.41, 5.74) is 0.443. The molecule has 1 saturated carbocycles. The van der Waals surface area contributed by atoms with E-state index in [9.17, 15) is 0 Å². The zero-order chi connectivity index (χ0) is 14.8. The third-order valence-corrected chi connectivity index (χ3v) is 6.24. The SMILES string of the molecule is CCC1(C)CC(OC2CCCCC2)C(C)C(C)(CC)N1. The van der Waals surface area contributed by atoms with E-state index in [0.717, 1.165) is 6.42 Å². The van der Waals surface area contributed by atoms with Crippen LogP contribution in [0.2, 0.25) is 0 Å². The Hall–Kier alpha value is -0.0800. The molecule has 0 aromatic heterocycles. The number of nitrogens with one attached hydrogen (secondary N) is 1. The van der Waals surface area contributed by atoms with Gasteiger partial charge >= 0.3 is 0 Å². The highest BCUT2D eigenvalue weighted by molar-refractivity contribution is 5.04. The van der Waals surface area contributed by atoms with E-state index in [2.05, 4.69) is 39.9 Å². The van der Waals surface area contributed by atoms with Crippen LogP contribution < -0.4 is 5.32 Å². The molecule has 0 radical (unpaired) electrons. The van der Waals surface area contributed by atoms with Gasteiger partial charge in [-0.05, 0) is 46.0 Å². The molecule has 2 nitrogen and oxygen atoms in total. The van der Waals surface area contributed by atoms with Gasteiger partial charge < -0.3 is 10.1 Å². The molecule has 118 valence electrons. The van der Waals surface area contributed by atoms with Gasteiger partial charge in [-0.1, -0.05) is 40.0 Å². The third-order valence-electron chi connectivity index (χ3n) is 6.24. The van der Waals surface area contributed by atoms with Gasteiger partial charge in [0.2, 0.25) is 0 Å². The quantitative estimate of drug-likeness (QED) is 0.808. The first-order chi connectivity index (χ1) is 9.42. The molecule has 2 heteroatoms. The van der Waals surface area contributed by atoms with Gasteiger partial charge in [-0.15, -0.1) is 0 Å². The van der Waals surface area contributed by atoms with Crippen molar-refractivity contribution in [3.05, 3.63) is 0 Å². The van der Waals surface area contributed by atoms with Crippen molar-refractivity contribution in [3.63, 3.8) is 0 Å². The van der Waals surface area contributed by atoms with E-state index < -0.39 is 0 Å². The normalized spacial score (nSPS) is 43.6. The Morgan fingerprint density at radius 3 is 2.25 bits per heavy atom. The van der Waals surface area contributed by atoms with Gasteiger partial charge in [0.25, 0.3) is 0 Å². The highest BCUT2D eigenvalue weighted by Gasteiger charge is 2.47. The van der Waals surface area contributed by atoms with E-state index in [1.165, 1.54) is 44.9 Å². The minimum atomic E-state index is 0.211. The van der Waals surface area contributed by atoms with Crippen LogP contribution in [0.4, 0.5) is 0 Å². The number of hydrogen-bond acceptors (Lipinski definition) is 2. The Bertz CT molecular complexity index is 313. The van der Waals surface area contributed by atoms with E-state index in [1.807, 2.05) is 0 Å². The Labute approximate surface area is 126 Å². The molecule has 0 aromatic rings. The van der Waals surface area contributed by atoms with E-state index in [0.29, 0.717) is 18.1 Å². The van der Waals surface area contributed by atoms with Crippen molar-refractivity contribution < 1.29 is 4.74 Å². The summed E-state index contributed by atoms with van der Waals surface area (Å²) in [5.74, 6) is 0.592. The summed E-state index contributed by atoms with van der Waals surface area (Å²) in [6, 6.07) is 0. The second-order valence-corrected chi connectivity index (χ2v) is 7.74. The molecular weight excluding hydrogens is 246 g/mol. The van der Waals surface area contributed by atoms with Crippen LogP contribution in [-0.2, 0) is 4.74 Å². The molecule has 0 bridgehead atoms. The van der Waals surface area contributed by atoms with Crippen molar-refractivity contribution in [3.8, 4) is 0 Å². The summed E-state index contributed by atoms with van der Waals surface area (Å²) >= 11 is 0. The van der Waals surface area contributed by atoms with E-state index in [1.54, 1.807) is 0 Å². The van der Waals surface area contributed by atoms with Crippen LogP contribution in [0.15, 0.2) is 0 Å². The average molecular weight is 281 g/mol. The maximum atomic E-state index is 6.60. The first-order valence-electron chi connectivity index (χ1n) is 8.87. The summed E-state index contributed by atoms with van der Waals surface area (Å²) in [4.78, 5) is 0. The highest BCUT2D eigenvalue weighted by Crippen LogP contribution is 2.40. The maximum Gasteiger partial charge on any atom is 0.0639 e. The van der Waals surface area contributed by atoms with E-state index >= 15 is 0 Å². The van der Waals surface area contributed by atoms with Crippen molar-refractivity contribution in [2.24, 2.45) is 5.92 Å². The Morgan fingerprint density at radius 1 is 1.05 bits per heavy atom. The second kappa shape index (κ2) is 6.36. The Kier molecular flexibility index (Phi) is 5.18. The van der Waals surface area contributed by atoms with Crippen LogP contribution in [0, 0.1) is 5.92 Å². The van der Waals surface area contributed by atoms with Crippen molar-refractivity contribution in [1.29, 1.82) is 0 Å². The lowest BCUT2D eigenvalue weighted by Gasteiger charge is -2.54. The lowest BCUT2D eigenvalue weighted by Crippen LogP contribution is -2.66. The van der Waals surface area contributed by atoms with Gasteiger partial charge in [-0.25, -0.2) is 0 Å². The Balaban J connectivity index is 2.08. The van der Waals surface area contributed by atoms with Gasteiger partial charge in [0.1, 0.15) is 0 Å². The molecule has 1 aliphatic heterocycles. The van der Waals surface area contributed by atoms with Gasteiger partial charge in [-0.2, -0.15) is 0 Å². The molecule has 1 N–H and O–H groups in total. The standard InChI is InChI=1S/C18H35NO/c1-6-17(4)13-16(14(3)18(5,7-2)19-17)20-15-11-9-8-10-12-15/h14-16,19H,6-13H2,1-5H3. The fourth-order valence-electron chi connectivity index (χ4n) is 4.14. The summed E-state index contributed by atoms with van der Waals surface area (Å²) < 4.78 is 6.60. The van der Waals surface area contributed by atoms with Crippen LogP contribution in [-0.4, -0.2) is 23.3 Å². The zero-order valence-electron chi connectivity index (χ0n) is 14.3. The summed E-state index contributed by atoms with van der Waals surface area (Å²) in [5, 5.41) is 3.94. The largest absolute Gasteiger partial charge is 0.375 e. The molecule has 1 aliphatic carbocycles. The minimum absolute atomic E-state index is 0.211. The van der Waals surface area contributed by atoms with Crippen LogP contribution in [0.3, 0.4) is 0 Å². The molecule has 4 unspecified atom stereocenters. The highest BCUT2D eigenvalue weighted by atomic mass is 16.5. The first kappa shape index (κ1) is 16.3. The fourth-order valence-corrected chi connectivity index (χ4v) is 4.14. The van der Waals surface area contributed by atoms with Gasteiger partial charge in [0.15, 0.2) is 0 Å². The van der Waals surface area contributed by atoms with Crippen LogP contribution in [0.5, 0.6) is 0 Å². The summed E-state index contributed by atoms with van der Waals surface area (Å²) in [7, 11) is 0. The monoisotopic (exact) mass is 281 g/mol. The lowest BCUT2D eigenvalue weighted by molar-refractivity contribution is -0.112. The smallest absolute Gasteiger partial charge is 0.0639 e. The number of hydrogen-bond donors (Lipinski definition) is 1. The molecular formula is C18H35NO. The topological polar surface area (TPSA) is 21.3 Å². The van der Waals surface area contributed by atoms with E-state index in [4.69, 9.17) is 4.74 Å². The number of ether oxygens (including phenoxy) is 1. The average Bonchev–Trinajstić information content (AvgIpc) is 2.45. The number of piperidine rings is 1. The molecule has 20 heavy (non-hydrogen) atoms. The van der Waals surface area contributed by atoms with Crippen LogP contribution in [0.1, 0.15) is 86.0 Å². The molecule has 0 spiro atoms. The van der Waals surface area contributed by atoms with E-state index in [-0.39, 0.29) is 11.1 Å². The molecule has 0 aromatic carbocycles. The molecule has 2 fully saturated rings. The van der Waals surface area contributed by atoms with Gasteiger partial charge in [-0.3, -0.25) is 0 Å². The van der Waals surface area contributed by atoms with Crippen LogP contribution in [0.25, 0.3) is 0 Å². The molecule has 0 amide bonds. The predicted molar refractivity (Wildman–Crippen MR) is 86.1 cm³/mol. The van der Waals surface area contributed by atoms with Gasteiger partial charge in [0, 0.05) is 17.0 Å². The zero-order valence-corrected chi connectivity index (χ0v) is 14.3. The lowest BCUT2D eigenvalue weighted by atomic mass is 9.70. The van der Waals surface area contributed by atoms with Crippen molar-refractivity contribution >= 4 is 0 Å². The fraction of sp³-hybridized carbons (Fsp3) is 1.00. The summed E-state index contributed by atoms with van der Waals surface area (Å²) in [6.45, 7) is 11.8. The number of rotatable bonds is 4. The van der Waals surface area contributed by atoms with Crippen LogP contribution >= 0.6 is 0 Å². The first-order valence-corrected chi connectivity index (χ1v) is 8.87. The summed E-state index contributed by atoms with van der Waals surface area (Å²) in [6.07, 6.45) is 11.2. The molecule has 2 aliphatic rings. The van der Waals surface area contributed by atoms with Crippen molar-refractivity contribution in [2.45, 2.75) is 109 Å². The molecule has 2 rings (SSSR count). The predicted octanol–water partition coefficient (Wildman–Crippen LogP) is 4.67. The van der Waals surface area contributed by atoms with Crippen molar-refractivity contribution in [1.82, 2.24) is 5.32 Å². The minimum Gasteiger partial charge on any atom is -0.375 e. The Morgan fingerprint density at radius 2 is 1.70 bits per heavy atom. The molecule has 1 saturated heterocycles. The molecule has 1 heterocycles. The van der Waals surface area contributed by atoms with Crippen molar-refractivity contribution in [2.75, 3.05) is 0 Å². The maximum absolute atomic E-state index is 6.60. The van der Waals surface area contributed by atoms with Gasteiger partial charge in [0.05, 0.1) is 12.2 Å². The second-order valence-electron chi connectivity index (χ2n) is 7.74. The third kappa shape index (κ3) is 3.39.